The molecule has 0 heterocycles. The van der Waals surface area contributed by atoms with Crippen LogP contribution >= 0.6 is 0 Å². The first-order chi connectivity index (χ1) is 11.5. The van der Waals surface area contributed by atoms with Crippen molar-refractivity contribution in [1.29, 1.82) is 0 Å². The maximum atomic E-state index is 11.6. The van der Waals surface area contributed by atoms with Gasteiger partial charge in [0.25, 0.3) is 0 Å². The summed E-state index contributed by atoms with van der Waals surface area (Å²) in [5, 5.41) is 11.6. The summed E-state index contributed by atoms with van der Waals surface area (Å²) >= 11 is 0. The lowest BCUT2D eigenvalue weighted by Crippen LogP contribution is -2.24. The molecule has 0 unspecified atom stereocenters. The van der Waals surface area contributed by atoms with Crippen LogP contribution in [0.4, 0.5) is 10.5 Å². The summed E-state index contributed by atoms with van der Waals surface area (Å²) in [7, 11) is 0. The molecule has 2 aromatic carbocycles. The fourth-order valence-electron chi connectivity index (χ4n) is 2.01. The van der Waals surface area contributed by atoms with Crippen LogP contribution in [0.15, 0.2) is 54.6 Å². The van der Waals surface area contributed by atoms with Crippen molar-refractivity contribution in [3.05, 3.63) is 71.3 Å². The number of amides is 1. The highest BCUT2D eigenvalue weighted by atomic mass is 16.5. The van der Waals surface area contributed by atoms with Crippen molar-refractivity contribution in [2.75, 3.05) is 12.3 Å². The Morgan fingerprint density at radius 1 is 1.17 bits per heavy atom. The van der Waals surface area contributed by atoms with E-state index in [0.29, 0.717) is 11.3 Å². The molecular formula is C18H18N2O4. The highest BCUT2D eigenvalue weighted by Gasteiger charge is 2.04. The molecule has 24 heavy (non-hydrogen) atoms. The second kappa shape index (κ2) is 8.38. The fourth-order valence-corrected chi connectivity index (χ4v) is 2.01. The number of hydrogen-bond donors (Lipinski definition) is 3. The van der Waals surface area contributed by atoms with E-state index in [1.54, 1.807) is 18.2 Å². The molecule has 124 valence electrons. The molecule has 6 heteroatoms. The van der Waals surface area contributed by atoms with Crippen molar-refractivity contribution in [3.8, 4) is 0 Å². The van der Waals surface area contributed by atoms with E-state index in [0.717, 1.165) is 5.56 Å². The maximum Gasteiger partial charge on any atom is 0.407 e. The zero-order chi connectivity index (χ0) is 17.4. The molecule has 0 aliphatic heterocycles. The number of nitrogens with two attached hydrogens (primary N) is 1. The van der Waals surface area contributed by atoms with Gasteiger partial charge in [-0.05, 0) is 29.3 Å². The first kappa shape index (κ1) is 17.1. The maximum absolute atomic E-state index is 11.6. The van der Waals surface area contributed by atoms with Gasteiger partial charge >= 0.3 is 12.1 Å². The van der Waals surface area contributed by atoms with E-state index in [1.165, 1.54) is 12.1 Å². The first-order valence-electron chi connectivity index (χ1n) is 7.29. The van der Waals surface area contributed by atoms with Gasteiger partial charge in [0.2, 0.25) is 0 Å². The monoisotopic (exact) mass is 326 g/mol. The number of nitrogen functional groups attached to an aromatic ring is 1. The van der Waals surface area contributed by atoms with E-state index in [1.807, 2.05) is 30.3 Å². The Bertz CT molecular complexity index is 742. The lowest BCUT2D eigenvalue weighted by molar-refractivity contribution is 0.0697. The van der Waals surface area contributed by atoms with Gasteiger partial charge in [-0.1, -0.05) is 42.5 Å². The van der Waals surface area contributed by atoms with Gasteiger partial charge in [-0.3, -0.25) is 0 Å². The van der Waals surface area contributed by atoms with Crippen LogP contribution in [0, 0.1) is 0 Å². The van der Waals surface area contributed by atoms with Gasteiger partial charge in [-0.15, -0.1) is 0 Å². The average molecular weight is 326 g/mol. The van der Waals surface area contributed by atoms with Crippen LogP contribution in [0.5, 0.6) is 0 Å². The van der Waals surface area contributed by atoms with Crippen molar-refractivity contribution in [1.82, 2.24) is 5.32 Å². The van der Waals surface area contributed by atoms with Crippen molar-refractivity contribution >= 4 is 23.8 Å². The van der Waals surface area contributed by atoms with Crippen LogP contribution in [-0.2, 0) is 11.3 Å². The summed E-state index contributed by atoms with van der Waals surface area (Å²) in [5.41, 5.74) is 7.69. The van der Waals surface area contributed by atoms with Crippen LogP contribution in [0.2, 0.25) is 0 Å². The Balaban J connectivity index is 1.80. The molecule has 2 rings (SSSR count). The molecular weight excluding hydrogens is 308 g/mol. The summed E-state index contributed by atoms with van der Waals surface area (Å²) in [5.74, 6) is -1.04. The van der Waals surface area contributed by atoms with E-state index >= 15 is 0 Å². The number of alkyl carbamates (subject to hydrolysis) is 1. The van der Waals surface area contributed by atoms with E-state index < -0.39 is 12.1 Å². The smallest absolute Gasteiger partial charge is 0.407 e. The van der Waals surface area contributed by atoms with Gasteiger partial charge < -0.3 is 20.9 Å². The number of rotatable bonds is 6. The van der Waals surface area contributed by atoms with Gasteiger partial charge in [0, 0.05) is 12.2 Å². The van der Waals surface area contributed by atoms with E-state index in [4.69, 9.17) is 15.6 Å². The van der Waals surface area contributed by atoms with Gasteiger partial charge in [0.1, 0.15) is 6.61 Å². The standard InChI is InChI=1S/C18H18N2O4/c19-16-10-14(9-15(11-16)17(21)22)7-4-8-20-18(23)24-12-13-5-2-1-3-6-13/h1-7,9-11H,8,12,19H2,(H,20,23)(H,21,22). The molecule has 0 atom stereocenters. The average Bonchev–Trinajstić information content (AvgIpc) is 2.57. The quantitative estimate of drug-likeness (QED) is 0.708. The second-order valence-electron chi connectivity index (χ2n) is 5.04. The molecule has 0 aromatic heterocycles. The molecule has 0 radical (unpaired) electrons. The lowest BCUT2D eigenvalue weighted by Gasteiger charge is -2.05. The van der Waals surface area contributed by atoms with Gasteiger partial charge in [0.05, 0.1) is 5.56 Å². The van der Waals surface area contributed by atoms with Crippen LogP contribution in [-0.4, -0.2) is 23.7 Å². The Kier molecular flexibility index (Phi) is 5.96. The molecule has 0 aliphatic carbocycles. The number of aromatic carboxylic acids is 1. The third kappa shape index (κ3) is 5.49. The van der Waals surface area contributed by atoms with Gasteiger partial charge in [0.15, 0.2) is 0 Å². The topological polar surface area (TPSA) is 102 Å². The minimum absolute atomic E-state index is 0.116. The molecule has 0 spiro atoms. The summed E-state index contributed by atoms with van der Waals surface area (Å²) in [6.07, 6.45) is 2.84. The normalized spacial score (nSPS) is 10.5. The Morgan fingerprint density at radius 2 is 1.92 bits per heavy atom. The van der Waals surface area contributed by atoms with Crippen molar-refractivity contribution < 1.29 is 19.4 Å². The first-order valence-corrected chi connectivity index (χ1v) is 7.29. The molecule has 0 bridgehead atoms. The summed E-state index contributed by atoms with van der Waals surface area (Å²) in [6.45, 7) is 0.457. The molecule has 0 fully saturated rings. The number of carboxylic acid groups (broad SMARTS) is 1. The van der Waals surface area contributed by atoms with Crippen LogP contribution < -0.4 is 11.1 Å². The van der Waals surface area contributed by atoms with E-state index in [2.05, 4.69) is 5.32 Å². The number of ether oxygens (including phenoxy) is 1. The number of anilines is 1. The summed E-state index contributed by atoms with van der Waals surface area (Å²) in [6, 6.07) is 13.9. The third-order valence-electron chi connectivity index (χ3n) is 3.11. The number of carboxylic acids is 1. The Labute approximate surface area is 139 Å². The van der Waals surface area contributed by atoms with E-state index in [9.17, 15) is 9.59 Å². The number of benzene rings is 2. The largest absolute Gasteiger partial charge is 0.478 e. The molecule has 4 N–H and O–H groups in total. The predicted molar refractivity (Wildman–Crippen MR) is 91.5 cm³/mol. The Hall–Kier alpha value is -3.28. The zero-order valence-corrected chi connectivity index (χ0v) is 12.9. The Morgan fingerprint density at radius 3 is 2.62 bits per heavy atom. The van der Waals surface area contributed by atoms with Crippen molar-refractivity contribution in [2.45, 2.75) is 6.61 Å². The highest BCUT2D eigenvalue weighted by Crippen LogP contribution is 2.13. The summed E-state index contributed by atoms with van der Waals surface area (Å²) in [4.78, 5) is 22.5. The minimum atomic E-state index is -1.04. The zero-order valence-electron chi connectivity index (χ0n) is 12.9. The lowest BCUT2D eigenvalue weighted by atomic mass is 10.1. The fraction of sp³-hybridized carbons (Fsp3) is 0.111. The van der Waals surface area contributed by atoms with Crippen molar-refractivity contribution in [2.24, 2.45) is 0 Å². The summed E-state index contributed by atoms with van der Waals surface area (Å²) < 4.78 is 5.07. The molecule has 0 saturated carbocycles. The van der Waals surface area contributed by atoms with Crippen molar-refractivity contribution in [3.63, 3.8) is 0 Å². The number of nitrogens with one attached hydrogen (secondary N) is 1. The van der Waals surface area contributed by atoms with Crippen LogP contribution in [0.1, 0.15) is 21.5 Å². The molecule has 6 nitrogen and oxygen atoms in total. The van der Waals surface area contributed by atoms with Crippen LogP contribution in [0.3, 0.4) is 0 Å². The highest BCUT2D eigenvalue weighted by molar-refractivity contribution is 5.89. The molecule has 2 aromatic rings. The SMILES string of the molecule is Nc1cc(C=CCNC(=O)OCc2ccccc2)cc(C(=O)O)c1. The van der Waals surface area contributed by atoms with Gasteiger partial charge in [-0.25, -0.2) is 9.59 Å². The number of carbonyl (C=O) groups excluding carboxylic acids is 1. The van der Waals surface area contributed by atoms with E-state index in [-0.39, 0.29) is 18.7 Å². The minimum Gasteiger partial charge on any atom is -0.478 e. The van der Waals surface area contributed by atoms with Gasteiger partial charge in [-0.2, -0.15) is 0 Å². The second-order valence-corrected chi connectivity index (χ2v) is 5.04. The number of hydrogen-bond acceptors (Lipinski definition) is 4. The molecule has 1 amide bonds. The van der Waals surface area contributed by atoms with Crippen LogP contribution in [0.25, 0.3) is 6.08 Å². The molecule has 0 aliphatic rings. The third-order valence-corrected chi connectivity index (χ3v) is 3.11. The predicted octanol–water partition coefficient (Wildman–Crippen LogP) is 2.91. The molecule has 0 saturated heterocycles. The number of carbonyl (C=O) groups is 2.